The Balaban J connectivity index is 2.44. The molecule has 2 aromatic rings. The van der Waals surface area contributed by atoms with Crippen LogP contribution in [0.25, 0.3) is 6.08 Å². The van der Waals surface area contributed by atoms with Crippen LogP contribution >= 0.6 is 23.2 Å². The maximum atomic E-state index is 11.9. The summed E-state index contributed by atoms with van der Waals surface area (Å²) in [4.78, 5) is 23.8. The minimum atomic E-state index is -0.845. The number of benzene rings is 2. The largest absolute Gasteiger partial charge is 0.487 e. The van der Waals surface area contributed by atoms with Crippen LogP contribution in [0.5, 0.6) is 5.75 Å². The second kappa shape index (κ2) is 9.27. The quantitative estimate of drug-likeness (QED) is 0.316. The van der Waals surface area contributed by atoms with E-state index in [2.05, 4.69) is 9.47 Å². The van der Waals surface area contributed by atoms with Crippen LogP contribution in [0.15, 0.2) is 48.0 Å². The molecule has 0 saturated heterocycles. The zero-order chi connectivity index (χ0) is 19.1. The van der Waals surface area contributed by atoms with Crippen LogP contribution in [-0.4, -0.2) is 26.2 Å². The molecule has 0 atom stereocenters. The predicted molar refractivity (Wildman–Crippen MR) is 99.2 cm³/mol. The standard InChI is InChI=1S/C19H16Cl2O5/c1-24-18(22)15(19(23)25-2)9-13-8-14(20)10-16(21)17(13)26-11-12-6-4-3-5-7-12/h3-10H,11H2,1-2H3. The van der Waals surface area contributed by atoms with Crippen molar-refractivity contribution in [1.82, 2.24) is 0 Å². The number of methoxy groups -OCH3 is 2. The topological polar surface area (TPSA) is 61.8 Å². The molecule has 0 spiro atoms. The molecule has 0 aromatic heterocycles. The summed E-state index contributed by atoms with van der Waals surface area (Å²) in [7, 11) is 2.33. The molecule has 2 aromatic carbocycles. The van der Waals surface area contributed by atoms with Crippen molar-refractivity contribution in [2.24, 2.45) is 0 Å². The highest BCUT2D eigenvalue weighted by atomic mass is 35.5. The van der Waals surface area contributed by atoms with Crippen LogP contribution in [0.1, 0.15) is 11.1 Å². The number of esters is 2. The Morgan fingerprint density at radius 3 is 2.19 bits per heavy atom. The average Bonchev–Trinajstić information content (AvgIpc) is 2.64. The zero-order valence-corrected chi connectivity index (χ0v) is 15.6. The van der Waals surface area contributed by atoms with Gasteiger partial charge in [-0.15, -0.1) is 0 Å². The fraction of sp³-hybridized carbons (Fsp3) is 0.158. The molecule has 2 rings (SSSR count). The molecule has 0 N–H and O–H groups in total. The maximum Gasteiger partial charge on any atom is 0.345 e. The molecule has 0 radical (unpaired) electrons. The van der Waals surface area contributed by atoms with Gasteiger partial charge in [0.05, 0.1) is 19.2 Å². The predicted octanol–water partition coefficient (Wildman–Crippen LogP) is 4.30. The van der Waals surface area contributed by atoms with E-state index in [1.807, 2.05) is 30.3 Å². The summed E-state index contributed by atoms with van der Waals surface area (Å²) in [5.41, 5.74) is 0.969. The van der Waals surface area contributed by atoms with Crippen molar-refractivity contribution >= 4 is 41.2 Å². The molecule has 0 amide bonds. The lowest BCUT2D eigenvalue weighted by Gasteiger charge is -2.13. The molecule has 0 aliphatic carbocycles. The molecule has 0 aliphatic rings. The summed E-state index contributed by atoms with van der Waals surface area (Å²) >= 11 is 12.3. The van der Waals surface area contributed by atoms with E-state index in [0.717, 1.165) is 19.8 Å². The Morgan fingerprint density at radius 1 is 1.00 bits per heavy atom. The van der Waals surface area contributed by atoms with Crippen molar-refractivity contribution in [3.05, 3.63) is 69.2 Å². The summed E-state index contributed by atoms with van der Waals surface area (Å²) in [5, 5.41) is 0.566. The number of carbonyl (C=O) groups excluding carboxylic acids is 2. The van der Waals surface area contributed by atoms with Crippen LogP contribution in [0.2, 0.25) is 10.0 Å². The third-order valence-electron chi connectivity index (χ3n) is 3.37. The van der Waals surface area contributed by atoms with Gasteiger partial charge >= 0.3 is 11.9 Å². The molecule has 0 saturated carbocycles. The van der Waals surface area contributed by atoms with E-state index in [-0.39, 0.29) is 23.0 Å². The third-order valence-corrected chi connectivity index (χ3v) is 3.87. The first-order chi connectivity index (χ1) is 12.5. The number of halogens is 2. The van der Waals surface area contributed by atoms with Crippen molar-refractivity contribution in [3.63, 3.8) is 0 Å². The zero-order valence-electron chi connectivity index (χ0n) is 14.1. The van der Waals surface area contributed by atoms with Gasteiger partial charge in [0.15, 0.2) is 0 Å². The van der Waals surface area contributed by atoms with Crippen LogP contribution in [0, 0.1) is 0 Å². The van der Waals surface area contributed by atoms with Gasteiger partial charge in [-0.25, -0.2) is 9.59 Å². The molecule has 0 heterocycles. The average molecular weight is 395 g/mol. The lowest BCUT2D eigenvalue weighted by Crippen LogP contribution is -2.15. The summed E-state index contributed by atoms with van der Waals surface area (Å²) in [6.45, 7) is 0.245. The minimum absolute atomic E-state index is 0.244. The van der Waals surface area contributed by atoms with Gasteiger partial charge in [-0.3, -0.25) is 0 Å². The first-order valence-electron chi connectivity index (χ1n) is 7.50. The molecule has 7 heteroatoms. The van der Waals surface area contributed by atoms with Crippen LogP contribution in [-0.2, 0) is 25.7 Å². The molecule has 0 bridgehead atoms. The second-order valence-corrected chi connectivity index (χ2v) is 5.97. The maximum absolute atomic E-state index is 11.9. The van der Waals surface area contributed by atoms with Crippen LogP contribution in [0.4, 0.5) is 0 Å². The van der Waals surface area contributed by atoms with E-state index in [4.69, 9.17) is 27.9 Å². The van der Waals surface area contributed by atoms with Crippen molar-refractivity contribution in [1.29, 1.82) is 0 Å². The number of ether oxygens (including phenoxy) is 3. The molecule has 26 heavy (non-hydrogen) atoms. The van der Waals surface area contributed by atoms with Gasteiger partial charge < -0.3 is 14.2 Å². The summed E-state index contributed by atoms with van der Waals surface area (Å²) in [6.07, 6.45) is 1.27. The lowest BCUT2D eigenvalue weighted by molar-refractivity contribution is -0.143. The van der Waals surface area contributed by atoms with Crippen molar-refractivity contribution < 1.29 is 23.8 Å². The van der Waals surface area contributed by atoms with Crippen LogP contribution < -0.4 is 4.74 Å². The van der Waals surface area contributed by atoms with E-state index in [0.29, 0.717) is 10.6 Å². The van der Waals surface area contributed by atoms with Gasteiger partial charge in [0.25, 0.3) is 0 Å². The van der Waals surface area contributed by atoms with Gasteiger partial charge in [-0.1, -0.05) is 53.5 Å². The Morgan fingerprint density at radius 2 is 1.62 bits per heavy atom. The highest BCUT2D eigenvalue weighted by molar-refractivity contribution is 6.36. The van der Waals surface area contributed by atoms with E-state index in [1.165, 1.54) is 18.2 Å². The highest BCUT2D eigenvalue weighted by Gasteiger charge is 2.21. The monoisotopic (exact) mass is 394 g/mol. The van der Waals surface area contributed by atoms with Gasteiger partial charge in [-0.05, 0) is 23.8 Å². The van der Waals surface area contributed by atoms with E-state index in [9.17, 15) is 9.59 Å². The number of rotatable bonds is 6. The first kappa shape index (κ1) is 19.8. The molecular formula is C19H16Cl2O5. The van der Waals surface area contributed by atoms with E-state index >= 15 is 0 Å². The van der Waals surface area contributed by atoms with Gasteiger partial charge in [0, 0.05) is 10.6 Å². The molecule has 0 fully saturated rings. The Kier molecular flexibility index (Phi) is 7.06. The Hall–Kier alpha value is -2.50. The number of carbonyl (C=O) groups is 2. The molecule has 5 nitrogen and oxygen atoms in total. The summed E-state index contributed by atoms with van der Waals surface area (Å²) in [6, 6.07) is 12.5. The first-order valence-corrected chi connectivity index (χ1v) is 8.26. The Labute approximate surface area is 161 Å². The van der Waals surface area contributed by atoms with Gasteiger partial charge in [0.2, 0.25) is 0 Å². The lowest BCUT2D eigenvalue weighted by atomic mass is 10.1. The number of hydrogen-bond donors (Lipinski definition) is 0. The molecular weight excluding hydrogens is 379 g/mol. The number of hydrogen-bond acceptors (Lipinski definition) is 5. The third kappa shape index (κ3) is 5.00. The van der Waals surface area contributed by atoms with Crippen molar-refractivity contribution in [2.75, 3.05) is 14.2 Å². The minimum Gasteiger partial charge on any atom is -0.487 e. The van der Waals surface area contributed by atoms with Crippen molar-refractivity contribution in [2.45, 2.75) is 6.61 Å². The summed E-state index contributed by atoms with van der Waals surface area (Å²) < 4.78 is 15.0. The molecule has 0 aliphatic heterocycles. The Bertz CT molecular complexity index is 813. The van der Waals surface area contributed by atoms with Crippen LogP contribution in [0.3, 0.4) is 0 Å². The van der Waals surface area contributed by atoms with Crippen molar-refractivity contribution in [3.8, 4) is 5.75 Å². The fourth-order valence-corrected chi connectivity index (χ4v) is 2.71. The smallest absolute Gasteiger partial charge is 0.345 e. The molecule has 0 unspecified atom stereocenters. The highest BCUT2D eigenvalue weighted by Crippen LogP contribution is 2.34. The molecule has 136 valence electrons. The summed E-state index contributed by atoms with van der Waals surface area (Å²) in [5.74, 6) is -1.41. The van der Waals surface area contributed by atoms with Gasteiger partial charge in [0.1, 0.15) is 17.9 Å². The van der Waals surface area contributed by atoms with E-state index < -0.39 is 11.9 Å². The van der Waals surface area contributed by atoms with E-state index in [1.54, 1.807) is 0 Å². The fourth-order valence-electron chi connectivity index (χ4n) is 2.15. The SMILES string of the molecule is COC(=O)C(=Cc1cc(Cl)cc(Cl)c1OCc1ccccc1)C(=O)OC. The second-order valence-electron chi connectivity index (χ2n) is 5.12. The van der Waals surface area contributed by atoms with Gasteiger partial charge in [-0.2, -0.15) is 0 Å². The normalized spacial score (nSPS) is 10.0.